The number of nitrogens with one attached hydrogen (secondary N) is 1. The van der Waals surface area contributed by atoms with E-state index in [0.29, 0.717) is 17.7 Å². The van der Waals surface area contributed by atoms with Crippen molar-refractivity contribution in [1.82, 2.24) is 15.1 Å². The van der Waals surface area contributed by atoms with Crippen molar-refractivity contribution in [2.45, 2.75) is 45.9 Å². The van der Waals surface area contributed by atoms with Gasteiger partial charge in [0.1, 0.15) is 6.61 Å². The summed E-state index contributed by atoms with van der Waals surface area (Å²) in [5, 5.41) is 7.06. The lowest BCUT2D eigenvalue weighted by Gasteiger charge is -2.15. The van der Waals surface area contributed by atoms with Crippen LogP contribution in [0.25, 0.3) is 0 Å². The average molecular weight is 387 g/mol. The molecule has 0 atom stereocenters. The van der Waals surface area contributed by atoms with E-state index in [1.807, 2.05) is 20.0 Å². The molecule has 0 radical (unpaired) electrons. The molecule has 0 fully saturated rings. The Morgan fingerprint density at radius 1 is 1.37 bits per heavy atom. The number of benzene rings is 1. The second-order valence-electron chi connectivity index (χ2n) is 6.03. The lowest BCUT2D eigenvalue weighted by Crippen LogP contribution is -2.32. The van der Waals surface area contributed by atoms with Crippen molar-refractivity contribution in [1.29, 1.82) is 0 Å². The van der Waals surface area contributed by atoms with Crippen LogP contribution in [0.15, 0.2) is 30.5 Å². The van der Waals surface area contributed by atoms with Crippen molar-refractivity contribution in [3.63, 3.8) is 0 Å². The molecular formula is C18H21F4N3O2. The van der Waals surface area contributed by atoms with Crippen molar-refractivity contribution in [2.75, 3.05) is 6.61 Å². The summed E-state index contributed by atoms with van der Waals surface area (Å²) in [6.07, 6.45) is -1.93. The van der Waals surface area contributed by atoms with Crippen molar-refractivity contribution in [3.8, 4) is 0 Å². The number of halogens is 4. The summed E-state index contributed by atoms with van der Waals surface area (Å²) in [6, 6.07) is 6.17. The Bertz CT molecular complexity index is 778. The van der Waals surface area contributed by atoms with Gasteiger partial charge in [0.25, 0.3) is 5.91 Å². The van der Waals surface area contributed by atoms with Gasteiger partial charge < -0.3 is 10.1 Å². The molecule has 1 aromatic heterocycles. The van der Waals surface area contributed by atoms with E-state index in [1.165, 1.54) is 6.07 Å². The number of aryl methyl sites for hydroxylation is 2. The molecule has 0 aliphatic rings. The van der Waals surface area contributed by atoms with Crippen LogP contribution in [0.4, 0.5) is 17.6 Å². The van der Waals surface area contributed by atoms with E-state index in [2.05, 4.69) is 15.2 Å². The molecule has 2 aromatic rings. The number of amides is 1. The Labute approximate surface area is 154 Å². The molecule has 27 heavy (non-hydrogen) atoms. The maximum absolute atomic E-state index is 12.8. The van der Waals surface area contributed by atoms with Gasteiger partial charge >= 0.3 is 12.3 Å². The van der Waals surface area contributed by atoms with Crippen LogP contribution in [0.3, 0.4) is 0 Å². The highest BCUT2D eigenvalue weighted by Crippen LogP contribution is 2.23. The Hall–Kier alpha value is -2.42. The molecule has 0 bridgehead atoms. The molecule has 1 heterocycles. The van der Waals surface area contributed by atoms with E-state index in [0.717, 1.165) is 17.8 Å². The first kappa shape index (κ1) is 20.9. The second-order valence-corrected chi connectivity index (χ2v) is 6.03. The number of aromatic nitrogens is 2. The van der Waals surface area contributed by atoms with E-state index in [4.69, 9.17) is 0 Å². The van der Waals surface area contributed by atoms with Crippen LogP contribution >= 0.6 is 0 Å². The minimum atomic E-state index is -4.20. The van der Waals surface area contributed by atoms with Gasteiger partial charge in [0, 0.05) is 30.4 Å². The van der Waals surface area contributed by atoms with Gasteiger partial charge in [-0.3, -0.25) is 9.48 Å². The lowest BCUT2D eigenvalue weighted by atomic mass is 10.1. The van der Waals surface area contributed by atoms with E-state index in [-0.39, 0.29) is 12.5 Å². The first-order valence-corrected chi connectivity index (χ1v) is 8.36. The topological polar surface area (TPSA) is 56.2 Å². The monoisotopic (exact) mass is 387 g/mol. The molecule has 0 aliphatic heterocycles. The smallest absolute Gasteiger partial charge is 0.330 e. The van der Waals surface area contributed by atoms with Gasteiger partial charge in [-0.15, -0.1) is 0 Å². The fourth-order valence-electron chi connectivity index (χ4n) is 2.34. The molecule has 1 aromatic carbocycles. The van der Waals surface area contributed by atoms with Crippen molar-refractivity contribution < 1.29 is 27.1 Å². The average Bonchev–Trinajstić information content (AvgIpc) is 2.99. The molecular weight excluding hydrogens is 366 g/mol. The molecule has 9 heteroatoms. The molecule has 2 rings (SSSR count). The summed E-state index contributed by atoms with van der Waals surface area (Å²) in [5.74, 6) is -4.55. The van der Waals surface area contributed by atoms with Crippen LogP contribution in [0, 0.1) is 6.92 Å². The Morgan fingerprint density at radius 3 is 2.74 bits per heavy atom. The van der Waals surface area contributed by atoms with Gasteiger partial charge in [-0.1, -0.05) is 12.1 Å². The van der Waals surface area contributed by atoms with Crippen molar-refractivity contribution >= 4 is 5.91 Å². The predicted octanol–water partition coefficient (Wildman–Crippen LogP) is 3.56. The quantitative estimate of drug-likeness (QED) is 0.670. The zero-order chi connectivity index (χ0) is 20.0. The zero-order valence-corrected chi connectivity index (χ0v) is 15.0. The third kappa shape index (κ3) is 5.78. The van der Waals surface area contributed by atoms with Crippen molar-refractivity contribution in [2.24, 2.45) is 0 Å². The summed E-state index contributed by atoms with van der Waals surface area (Å²) in [5.41, 5.74) is 2.46. The minimum absolute atomic E-state index is 0.298. The molecule has 1 amide bonds. The van der Waals surface area contributed by atoms with Crippen LogP contribution in [0.2, 0.25) is 0 Å². The highest BCUT2D eigenvalue weighted by molar-refractivity contribution is 5.94. The number of carbonyl (C=O) groups excluding carboxylic acids is 1. The third-order valence-electron chi connectivity index (χ3n) is 3.88. The van der Waals surface area contributed by atoms with Gasteiger partial charge in [-0.2, -0.15) is 13.9 Å². The minimum Gasteiger partial charge on any atom is -0.370 e. The highest BCUT2D eigenvalue weighted by Gasteiger charge is 2.40. The Morgan fingerprint density at radius 2 is 2.11 bits per heavy atom. The van der Waals surface area contributed by atoms with Gasteiger partial charge in [-0.05, 0) is 31.5 Å². The van der Waals surface area contributed by atoms with Gasteiger partial charge in [0.05, 0.1) is 12.3 Å². The molecule has 5 nitrogen and oxygen atoms in total. The molecule has 0 unspecified atom stereocenters. The molecule has 0 spiro atoms. The Kier molecular flexibility index (Phi) is 6.95. The Balaban J connectivity index is 1.91. The number of ether oxygens (including phenoxy) is 1. The van der Waals surface area contributed by atoms with E-state index in [9.17, 15) is 22.4 Å². The number of nitrogens with zero attached hydrogens (tertiary/aromatic N) is 2. The lowest BCUT2D eigenvalue weighted by molar-refractivity contribution is -0.168. The van der Waals surface area contributed by atoms with Gasteiger partial charge in [-0.25, -0.2) is 8.78 Å². The largest absolute Gasteiger partial charge is 0.370 e. The van der Waals surface area contributed by atoms with Gasteiger partial charge in [0.2, 0.25) is 0 Å². The van der Waals surface area contributed by atoms with E-state index < -0.39 is 19.0 Å². The van der Waals surface area contributed by atoms with Crippen LogP contribution in [0.5, 0.6) is 0 Å². The summed E-state index contributed by atoms with van der Waals surface area (Å²) in [6.45, 7) is 3.14. The van der Waals surface area contributed by atoms with Crippen LogP contribution in [-0.2, 0) is 24.4 Å². The standard InChI is InChI=1S/C18H21F4N3O2/c1-3-25-9-15(12(2)24-25)8-23-16(26)14-6-4-5-13(7-14)10-27-11-18(21,22)17(19)20/h4-7,9,17H,3,8,10-11H2,1-2H3,(H,23,26). The molecule has 0 saturated heterocycles. The number of hydrogen-bond acceptors (Lipinski definition) is 3. The second kappa shape index (κ2) is 8.98. The number of alkyl halides is 4. The maximum Gasteiger partial charge on any atom is 0.330 e. The first-order chi connectivity index (χ1) is 12.7. The highest BCUT2D eigenvalue weighted by atomic mass is 19.3. The third-order valence-corrected chi connectivity index (χ3v) is 3.88. The zero-order valence-electron chi connectivity index (χ0n) is 15.0. The summed E-state index contributed by atoms with van der Waals surface area (Å²) in [4.78, 5) is 12.3. The SMILES string of the molecule is CCn1cc(CNC(=O)c2cccc(COCC(F)(F)C(F)F)c2)c(C)n1. The number of rotatable bonds is 9. The van der Waals surface area contributed by atoms with Crippen LogP contribution in [-0.4, -0.2) is 34.6 Å². The maximum atomic E-state index is 12.8. The number of carbonyl (C=O) groups is 1. The fourth-order valence-corrected chi connectivity index (χ4v) is 2.34. The molecule has 1 N–H and O–H groups in total. The first-order valence-electron chi connectivity index (χ1n) is 8.36. The van der Waals surface area contributed by atoms with Crippen LogP contribution in [0.1, 0.15) is 34.1 Å². The fraction of sp³-hybridized carbons (Fsp3) is 0.444. The van der Waals surface area contributed by atoms with E-state index in [1.54, 1.807) is 22.9 Å². The normalized spacial score (nSPS) is 11.8. The predicted molar refractivity (Wildman–Crippen MR) is 90.9 cm³/mol. The summed E-state index contributed by atoms with van der Waals surface area (Å²) in [7, 11) is 0. The summed E-state index contributed by atoms with van der Waals surface area (Å²) >= 11 is 0. The van der Waals surface area contributed by atoms with Crippen LogP contribution < -0.4 is 5.32 Å². The molecule has 148 valence electrons. The number of hydrogen-bond donors (Lipinski definition) is 1. The van der Waals surface area contributed by atoms with Crippen molar-refractivity contribution in [3.05, 3.63) is 52.8 Å². The van der Waals surface area contributed by atoms with Gasteiger partial charge in [0.15, 0.2) is 0 Å². The summed E-state index contributed by atoms with van der Waals surface area (Å²) < 4.78 is 56.3. The molecule has 0 aliphatic carbocycles. The van der Waals surface area contributed by atoms with E-state index >= 15 is 0 Å². The molecule has 0 saturated carbocycles.